The molecule has 1 unspecified atom stereocenters. The zero-order chi connectivity index (χ0) is 10.8. The quantitative estimate of drug-likeness (QED) is 0.623. The summed E-state index contributed by atoms with van der Waals surface area (Å²) in [7, 11) is -3.48. The van der Waals surface area contributed by atoms with Crippen molar-refractivity contribution in [2.75, 3.05) is 18.8 Å². The number of sulfonamides is 1. The average molecular weight is 222 g/mol. The zero-order valence-corrected chi connectivity index (χ0v) is 8.53. The van der Waals surface area contributed by atoms with Gasteiger partial charge in [-0.25, -0.2) is 12.7 Å². The van der Waals surface area contributed by atoms with Crippen molar-refractivity contribution in [1.82, 2.24) is 4.31 Å². The number of carboxylic acid groups (broad SMARTS) is 1. The SMILES string of the molecule is NC(CS(=O)(=O)N1CCCC1)C(=O)O. The summed E-state index contributed by atoms with van der Waals surface area (Å²) in [5.41, 5.74) is 5.16. The lowest BCUT2D eigenvalue weighted by molar-refractivity contribution is -0.137. The van der Waals surface area contributed by atoms with Crippen LogP contribution in [0.2, 0.25) is 0 Å². The monoisotopic (exact) mass is 222 g/mol. The molecule has 6 nitrogen and oxygen atoms in total. The normalized spacial score (nSPS) is 20.9. The standard InChI is InChI=1S/C7H14N2O4S/c8-6(7(10)11)5-14(12,13)9-3-1-2-4-9/h6H,1-5,8H2,(H,10,11). The van der Waals surface area contributed by atoms with Crippen LogP contribution in [0.5, 0.6) is 0 Å². The molecule has 0 saturated carbocycles. The van der Waals surface area contributed by atoms with Crippen LogP contribution in [0.15, 0.2) is 0 Å². The lowest BCUT2D eigenvalue weighted by Gasteiger charge is -2.16. The van der Waals surface area contributed by atoms with Crippen molar-refractivity contribution < 1.29 is 18.3 Å². The summed E-state index contributed by atoms with van der Waals surface area (Å²) >= 11 is 0. The highest BCUT2D eigenvalue weighted by Gasteiger charge is 2.29. The molecule has 0 aliphatic carbocycles. The second-order valence-corrected chi connectivity index (χ2v) is 5.34. The maximum absolute atomic E-state index is 11.5. The molecule has 7 heteroatoms. The summed E-state index contributed by atoms with van der Waals surface area (Å²) in [5, 5.41) is 8.48. The Morgan fingerprint density at radius 3 is 2.36 bits per heavy atom. The topological polar surface area (TPSA) is 101 Å². The first-order valence-corrected chi connectivity index (χ1v) is 6.00. The lowest BCUT2D eigenvalue weighted by Crippen LogP contribution is -2.42. The van der Waals surface area contributed by atoms with Crippen molar-refractivity contribution in [2.24, 2.45) is 5.73 Å². The molecule has 1 heterocycles. The van der Waals surface area contributed by atoms with E-state index >= 15 is 0 Å². The fraction of sp³-hybridized carbons (Fsp3) is 0.857. The molecule has 0 aromatic rings. The second-order valence-electron chi connectivity index (χ2n) is 3.33. The van der Waals surface area contributed by atoms with Crippen molar-refractivity contribution in [3.8, 4) is 0 Å². The molecule has 1 aliphatic rings. The molecular weight excluding hydrogens is 208 g/mol. The van der Waals surface area contributed by atoms with E-state index in [1.54, 1.807) is 0 Å². The minimum atomic E-state index is -3.48. The molecule has 1 aliphatic heterocycles. The van der Waals surface area contributed by atoms with E-state index in [1.165, 1.54) is 4.31 Å². The van der Waals surface area contributed by atoms with E-state index in [1.807, 2.05) is 0 Å². The number of aliphatic carboxylic acids is 1. The van der Waals surface area contributed by atoms with Crippen LogP contribution in [-0.2, 0) is 14.8 Å². The van der Waals surface area contributed by atoms with Gasteiger partial charge in [0.25, 0.3) is 0 Å². The Labute approximate surface area is 82.7 Å². The molecule has 1 atom stereocenters. The zero-order valence-electron chi connectivity index (χ0n) is 7.72. The predicted octanol–water partition coefficient (Wildman–Crippen LogP) is -1.18. The summed E-state index contributed by atoms with van der Waals surface area (Å²) < 4.78 is 24.4. The highest BCUT2D eigenvalue weighted by atomic mass is 32.2. The highest BCUT2D eigenvalue weighted by Crippen LogP contribution is 2.13. The van der Waals surface area contributed by atoms with Gasteiger partial charge in [-0.05, 0) is 12.8 Å². The van der Waals surface area contributed by atoms with Gasteiger partial charge in [0.05, 0.1) is 5.75 Å². The van der Waals surface area contributed by atoms with Crippen molar-refractivity contribution in [3.63, 3.8) is 0 Å². The molecule has 0 amide bonds. The third-order valence-corrected chi connectivity index (χ3v) is 4.10. The van der Waals surface area contributed by atoms with E-state index in [-0.39, 0.29) is 0 Å². The number of nitrogens with two attached hydrogens (primary N) is 1. The van der Waals surface area contributed by atoms with Crippen molar-refractivity contribution in [3.05, 3.63) is 0 Å². The molecule has 82 valence electrons. The fourth-order valence-corrected chi connectivity index (χ4v) is 2.99. The second kappa shape index (κ2) is 4.24. The maximum Gasteiger partial charge on any atom is 0.321 e. The Morgan fingerprint density at radius 1 is 1.43 bits per heavy atom. The van der Waals surface area contributed by atoms with Gasteiger partial charge in [0, 0.05) is 13.1 Å². The fourth-order valence-electron chi connectivity index (χ4n) is 1.37. The minimum Gasteiger partial charge on any atom is -0.480 e. The van der Waals surface area contributed by atoms with E-state index < -0.39 is 27.8 Å². The van der Waals surface area contributed by atoms with E-state index in [0.717, 1.165) is 12.8 Å². The van der Waals surface area contributed by atoms with Crippen LogP contribution in [0.3, 0.4) is 0 Å². The molecule has 0 radical (unpaired) electrons. The summed E-state index contributed by atoms with van der Waals surface area (Å²) in [4.78, 5) is 10.4. The van der Waals surface area contributed by atoms with Gasteiger partial charge < -0.3 is 10.8 Å². The average Bonchev–Trinajstić information content (AvgIpc) is 2.54. The molecule has 14 heavy (non-hydrogen) atoms. The molecule has 0 spiro atoms. The van der Waals surface area contributed by atoms with Crippen molar-refractivity contribution in [2.45, 2.75) is 18.9 Å². The summed E-state index contributed by atoms with van der Waals surface area (Å²) in [6, 6.07) is -1.33. The van der Waals surface area contributed by atoms with E-state index in [2.05, 4.69) is 0 Å². The molecular formula is C7H14N2O4S. The number of carboxylic acids is 1. The first kappa shape index (κ1) is 11.4. The third kappa shape index (κ3) is 2.66. The Kier molecular flexibility index (Phi) is 3.46. The van der Waals surface area contributed by atoms with E-state index in [4.69, 9.17) is 10.8 Å². The molecule has 0 aromatic carbocycles. The van der Waals surface area contributed by atoms with Gasteiger partial charge in [0.2, 0.25) is 10.0 Å². The van der Waals surface area contributed by atoms with Crippen LogP contribution in [0.4, 0.5) is 0 Å². The van der Waals surface area contributed by atoms with Crippen molar-refractivity contribution in [1.29, 1.82) is 0 Å². The highest BCUT2D eigenvalue weighted by molar-refractivity contribution is 7.89. The first-order chi connectivity index (χ1) is 6.43. The van der Waals surface area contributed by atoms with E-state index in [9.17, 15) is 13.2 Å². The van der Waals surface area contributed by atoms with Gasteiger partial charge in [0.15, 0.2) is 0 Å². The number of hydrogen-bond donors (Lipinski definition) is 2. The molecule has 3 N–H and O–H groups in total. The van der Waals surface area contributed by atoms with E-state index in [0.29, 0.717) is 13.1 Å². The summed E-state index contributed by atoms with van der Waals surface area (Å²) in [6.07, 6.45) is 1.67. The predicted molar refractivity (Wildman–Crippen MR) is 50.2 cm³/mol. The van der Waals surface area contributed by atoms with Crippen LogP contribution in [-0.4, -0.2) is 48.7 Å². The summed E-state index contributed by atoms with van der Waals surface area (Å²) in [5.74, 6) is -1.80. The van der Waals surface area contributed by atoms with Crippen LogP contribution in [0.25, 0.3) is 0 Å². The molecule has 1 rings (SSSR count). The Bertz CT molecular complexity index is 308. The molecule has 1 fully saturated rings. The van der Waals surface area contributed by atoms with Gasteiger partial charge >= 0.3 is 5.97 Å². The van der Waals surface area contributed by atoms with Crippen LogP contribution in [0, 0.1) is 0 Å². The van der Waals surface area contributed by atoms with Crippen LogP contribution < -0.4 is 5.73 Å². The molecule has 0 aromatic heterocycles. The van der Waals surface area contributed by atoms with Gasteiger partial charge in [-0.1, -0.05) is 0 Å². The van der Waals surface area contributed by atoms with Crippen LogP contribution in [0.1, 0.15) is 12.8 Å². The summed E-state index contributed by atoms with van der Waals surface area (Å²) in [6.45, 7) is 0.962. The first-order valence-electron chi connectivity index (χ1n) is 4.40. The Balaban J connectivity index is 2.61. The van der Waals surface area contributed by atoms with Gasteiger partial charge in [-0.15, -0.1) is 0 Å². The smallest absolute Gasteiger partial charge is 0.321 e. The van der Waals surface area contributed by atoms with Gasteiger partial charge in [0.1, 0.15) is 6.04 Å². The number of rotatable bonds is 4. The maximum atomic E-state index is 11.5. The molecule has 1 saturated heterocycles. The Morgan fingerprint density at radius 2 is 1.93 bits per heavy atom. The number of nitrogens with zero attached hydrogens (tertiary/aromatic N) is 1. The minimum absolute atomic E-state index is 0.481. The number of carbonyl (C=O) groups is 1. The largest absolute Gasteiger partial charge is 0.480 e. The lowest BCUT2D eigenvalue weighted by atomic mass is 10.4. The van der Waals surface area contributed by atoms with Gasteiger partial charge in [-0.2, -0.15) is 0 Å². The van der Waals surface area contributed by atoms with Crippen LogP contribution >= 0.6 is 0 Å². The third-order valence-electron chi connectivity index (χ3n) is 2.17. The van der Waals surface area contributed by atoms with Crippen molar-refractivity contribution >= 4 is 16.0 Å². The number of hydrogen-bond acceptors (Lipinski definition) is 4. The van der Waals surface area contributed by atoms with Gasteiger partial charge in [-0.3, -0.25) is 4.79 Å². The molecule has 0 bridgehead atoms. The Hall–Kier alpha value is -0.660.